The number of nitrogens with zero attached hydrogens (tertiary/aromatic N) is 1. The molecule has 0 atom stereocenters. The highest BCUT2D eigenvalue weighted by atomic mass is 16.6. The van der Waals surface area contributed by atoms with Crippen LogP contribution in [0.25, 0.3) is 10.8 Å². The first-order chi connectivity index (χ1) is 7.22. The molecule has 2 aromatic rings. The Balaban J connectivity index is 2.80. The normalized spacial score (nSPS) is 10.2. The molecule has 2 rings (SSSR count). The van der Waals surface area contributed by atoms with Gasteiger partial charge >= 0.3 is 0 Å². The number of fused-ring (bicyclic) bond motifs is 1. The standard InChI is InChI=1S/C11H9NO3/c1-15-9-6-8-4-2-3-5-10(8)11(7-9)12(13)14/h2-7H,1H3. The van der Waals surface area contributed by atoms with Crippen molar-refractivity contribution >= 4 is 16.5 Å². The van der Waals surface area contributed by atoms with Crippen LogP contribution in [0, 0.1) is 10.1 Å². The summed E-state index contributed by atoms with van der Waals surface area (Å²) >= 11 is 0. The van der Waals surface area contributed by atoms with E-state index < -0.39 is 4.92 Å². The van der Waals surface area contributed by atoms with Gasteiger partial charge in [0, 0.05) is 0 Å². The molecule has 0 saturated heterocycles. The summed E-state index contributed by atoms with van der Waals surface area (Å²) in [6.45, 7) is 0. The van der Waals surface area contributed by atoms with Crippen molar-refractivity contribution in [2.45, 2.75) is 0 Å². The van der Waals surface area contributed by atoms with Gasteiger partial charge in [-0.1, -0.05) is 18.2 Å². The van der Waals surface area contributed by atoms with E-state index in [1.54, 1.807) is 18.2 Å². The summed E-state index contributed by atoms with van der Waals surface area (Å²) in [6, 6.07) is 10.4. The zero-order valence-electron chi connectivity index (χ0n) is 8.14. The molecule has 0 aliphatic rings. The molecule has 0 aliphatic carbocycles. The van der Waals surface area contributed by atoms with Crippen LogP contribution in [-0.2, 0) is 0 Å². The third-order valence-corrected chi connectivity index (χ3v) is 2.25. The lowest BCUT2D eigenvalue weighted by Gasteiger charge is -2.03. The largest absolute Gasteiger partial charge is 0.496 e. The van der Waals surface area contributed by atoms with Crippen LogP contribution < -0.4 is 4.74 Å². The van der Waals surface area contributed by atoms with Gasteiger partial charge in [0.25, 0.3) is 5.69 Å². The maximum Gasteiger partial charge on any atom is 0.280 e. The molecule has 0 fully saturated rings. The minimum atomic E-state index is -0.398. The summed E-state index contributed by atoms with van der Waals surface area (Å²) in [5.74, 6) is 0.500. The Labute approximate surface area is 86.2 Å². The van der Waals surface area contributed by atoms with Crippen LogP contribution in [0.15, 0.2) is 36.4 Å². The number of non-ortho nitro benzene ring substituents is 1. The minimum Gasteiger partial charge on any atom is -0.496 e. The van der Waals surface area contributed by atoms with Crippen LogP contribution in [0.4, 0.5) is 5.69 Å². The Morgan fingerprint density at radius 1 is 1.27 bits per heavy atom. The molecule has 4 heteroatoms. The molecule has 0 bridgehead atoms. The van der Waals surface area contributed by atoms with E-state index in [-0.39, 0.29) is 5.69 Å². The summed E-state index contributed by atoms with van der Waals surface area (Å²) in [6.07, 6.45) is 0. The molecule has 0 spiro atoms. The highest BCUT2D eigenvalue weighted by Crippen LogP contribution is 2.30. The number of ether oxygens (including phenoxy) is 1. The first-order valence-electron chi connectivity index (χ1n) is 4.43. The van der Waals surface area contributed by atoms with Crippen molar-refractivity contribution in [2.24, 2.45) is 0 Å². The molecule has 0 radical (unpaired) electrons. The fourth-order valence-electron chi connectivity index (χ4n) is 1.53. The molecular weight excluding hydrogens is 194 g/mol. The van der Waals surface area contributed by atoms with Crippen molar-refractivity contribution in [3.63, 3.8) is 0 Å². The van der Waals surface area contributed by atoms with Crippen molar-refractivity contribution < 1.29 is 9.66 Å². The Bertz CT molecular complexity index is 522. The molecule has 0 N–H and O–H groups in total. The quantitative estimate of drug-likeness (QED) is 0.557. The number of nitro benzene ring substituents is 1. The monoisotopic (exact) mass is 203 g/mol. The van der Waals surface area contributed by atoms with Crippen LogP contribution >= 0.6 is 0 Å². The van der Waals surface area contributed by atoms with E-state index in [1.165, 1.54) is 13.2 Å². The molecular formula is C11H9NO3. The number of hydrogen-bond acceptors (Lipinski definition) is 3. The smallest absolute Gasteiger partial charge is 0.280 e. The fourth-order valence-corrected chi connectivity index (χ4v) is 1.53. The maximum atomic E-state index is 10.8. The van der Waals surface area contributed by atoms with Gasteiger partial charge in [-0.2, -0.15) is 0 Å². The lowest BCUT2D eigenvalue weighted by molar-refractivity contribution is -0.383. The summed E-state index contributed by atoms with van der Waals surface area (Å²) in [5.41, 5.74) is 0.0740. The third kappa shape index (κ3) is 1.61. The number of methoxy groups -OCH3 is 1. The summed E-state index contributed by atoms with van der Waals surface area (Å²) in [4.78, 5) is 10.4. The predicted molar refractivity (Wildman–Crippen MR) is 57.2 cm³/mol. The van der Waals surface area contributed by atoms with Crippen LogP contribution in [0.1, 0.15) is 0 Å². The molecule has 76 valence electrons. The van der Waals surface area contributed by atoms with Gasteiger partial charge in [-0.15, -0.1) is 0 Å². The Morgan fingerprint density at radius 3 is 2.67 bits per heavy atom. The average Bonchev–Trinajstić information content (AvgIpc) is 2.27. The second kappa shape index (κ2) is 3.57. The van der Waals surface area contributed by atoms with Crippen molar-refractivity contribution in [3.05, 3.63) is 46.5 Å². The highest BCUT2D eigenvalue weighted by molar-refractivity contribution is 5.92. The molecule has 0 amide bonds. The van der Waals surface area contributed by atoms with Crippen LogP contribution in [-0.4, -0.2) is 12.0 Å². The van der Waals surface area contributed by atoms with Crippen molar-refractivity contribution in [2.75, 3.05) is 7.11 Å². The topological polar surface area (TPSA) is 52.4 Å². The van der Waals surface area contributed by atoms with Gasteiger partial charge in [0.2, 0.25) is 0 Å². The van der Waals surface area contributed by atoms with E-state index in [4.69, 9.17) is 4.74 Å². The second-order valence-electron chi connectivity index (χ2n) is 3.12. The average molecular weight is 203 g/mol. The summed E-state index contributed by atoms with van der Waals surface area (Å²) in [5, 5.41) is 12.3. The van der Waals surface area contributed by atoms with Gasteiger partial charge in [0.15, 0.2) is 0 Å². The first kappa shape index (κ1) is 9.45. The van der Waals surface area contributed by atoms with Crippen LogP contribution in [0.2, 0.25) is 0 Å². The molecule has 4 nitrogen and oxygen atoms in total. The molecule has 0 aliphatic heterocycles. The van der Waals surface area contributed by atoms with Crippen molar-refractivity contribution in [1.29, 1.82) is 0 Å². The lowest BCUT2D eigenvalue weighted by atomic mass is 10.1. The van der Waals surface area contributed by atoms with Gasteiger partial charge in [0.05, 0.1) is 23.5 Å². The molecule has 0 saturated carbocycles. The number of nitro groups is 1. The van der Waals surface area contributed by atoms with Gasteiger partial charge in [-0.25, -0.2) is 0 Å². The van der Waals surface area contributed by atoms with Crippen molar-refractivity contribution in [3.8, 4) is 5.75 Å². The number of hydrogen-bond donors (Lipinski definition) is 0. The second-order valence-corrected chi connectivity index (χ2v) is 3.12. The van der Waals surface area contributed by atoms with E-state index in [9.17, 15) is 10.1 Å². The van der Waals surface area contributed by atoms with E-state index in [1.807, 2.05) is 12.1 Å². The van der Waals surface area contributed by atoms with E-state index in [2.05, 4.69) is 0 Å². The summed E-state index contributed by atoms with van der Waals surface area (Å²) in [7, 11) is 1.49. The molecule has 15 heavy (non-hydrogen) atoms. The predicted octanol–water partition coefficient (Wildman–Crippen LogP) is 2.76. The molecule has 0 aromatic heterocycles. The van der Waals surface area contributed by atoms with Gasteiger partial charge in [-0.05, 0) is 17.5 Å². The highest BCUT2D eigenvalue weighted by Gasteiger charge is 2.13. The Kier molecular flexibility index (Phi) is 2.25. The van der Waals surface area contributed by atoms with Crippen LogP contribution in [0.3, 0.4) is 0 Å². The van der Waals surface area contributed by atoms with Crippen LogP contribution in [0.5, 0.6) is 5.75 Å². The van der Waals surface area contributed by atoms with E-state index in [0.29, 0.717) is 11.1 Å². The van der Waals surface area contributed by atoms with E-state index >= 15 is 0 Å². The van der Waals surface area contributed by atoms with Gasteiger partial charge in [-0.3, -0.25) is 10.1 Å². The first-order valence-corrected chi connectivity index (χ1v) is 4.43. The SMILES string of the molecule is COc1cc([N+](=O)[O-])c2ccccc2c1. The van der Waals surface area contributed by atoms with E-state index in [0.717, 1.165) is 5.39 Å². The zero-order chi connectivity index (χ0) is 10.8. The Morgan fingerprint density at radius 2 is 2.00 bits per heavy atom. The Hall–Kier alpha value is -2.10. The minimum absolute atomic E-state index is 0.0740. The summed E-state index contributed by atoms with van der Waals surface area (Å²) < 4.78 is 5.01. The van der Waals surface area contributed by atoms with Gasteiger partial charge in [0.1, 0.15) is 5.75 Å². The molecule has 0 unspecified atom stereocenters. The van der Waals surface area contributed by atoms with Crippen molar-refractivity contribution in [1.82, 2.24) is 0 Å². The fraction of sp³-hybridized carbons (Fsp3) is 0.0909. The number of benzene rings is 2. The molecule has 0 heterocycles. The third-order valence-electron chi connectivity index (χ3n) is 2.25. The molecule has 2 aromatic carbocycles. The number of rotatable bonds is 2. The maximum absolute atomic E-state index is 10.8. The van der Waals surface area contributed by atoms with Gasteiger partial charge < -0.3 is 4.74 Å². The lowest BCUT2D eigenvalue weighted by Crippen LogP contribution is -1.91. The zero-order valence-corrected chi connectivity index (χ0v) is 8.14.